The molecule has 100 valence electrons. The van der Waals surface area contributed by atoms with Crippen LogP contribution in [-0.2, 0) is 0 Å². The van der Waals surface area contributed by atoms with Crippen LogP contribution >= 0.6 is 0 Å². The van der Waals surface area contributed by atoms with Gasteiger partial charge in [-0.3, -0.25) is 0 Å². The third-order valence-corrected chi connectivity index (χ3v) is 4.39. The van der Waals surface area contributed by atoms with Crippen molar-refractivity contribution in [2.24, 2.45) is 0 Å². The minimum atomic E-state index is 0.821. The maximum absolute atomic E-state index is 5.86. The molecule has 0 bridgehead atoms. The fourth-order valence-electron chi connectivity index (χ4n) is 2.59. The van der Waals surface area contributed by atoms with Crippen LogP contribution in [0.4, 0.5) is 0 Å². The third kappa shape index (κ3) is 2.24. The summed E-state index contributed by atoms with van der Waals surface area (Å²) in [7, 11) is 0. The fraction of sp³-hybridized carbons (Fsp3) is 0.0588. The van der Waals surface area contributed by atoms with E-state index >= 15 is 0 Å². The zero-order chi connectivity index (χ0) is 14.4. The van der Waals surface area contributed by atoms with E-state index in [2.05, 4.69) is 34.2 Å². The predicted molar refractivity (Wildman–Crippen MR) is 84.9 cm³/mol. The van der Waals surface area contributed by atoms with Crippen LogP contribution in [0.2, 0.25) is 0 Å². The van der Waals surface area contributed by atoms with Crippen LogP contribution < -0.4 is 3.40 Å². The van der Waals surface area contributed by atoms with Gasteiger partial charge in [-0.1, -0.05) is 0 Å². The molecule has 3 nitrogen and oxygen atoms in total. The van der Waals surface area contributed by atoms with Gasteiger partial charge in [0.15, 0.2) is 0 Å². The van der Waals surface area contributed by atoms with Gasteiger partial charge in [0.2, 0.25) is 0 Å². The van der Waals surface area contributed by atoms with Crippen molar-refractivity contribution < 1.29 is 4.42 Å². The van der Waals surface area contributed by atoms with E-state index in [1.54, 1.807) is 0 Å². The number of fused-ring (bicyclic) bond motifs is 3. The fourth-order valence-corrected chi connectivity index (χ4v) is 3.62. The molecule has 0 fully saturated rings. The van der Waals surface area contributed by atoms with Crippen molar-refractivity contribution in [3.8, 4) is 11.3 Å². The summed E-state index contributed by atoms with van der Waals surface area (Å²) >= 11 is 1.14. The zero-order valence-corrected chi connectivity index (χ0v) is 14.8. The number of hydrogen-bond donors (Lipinski definition) is 0. The van der Waals surface area contributed by atoms with Crippen molar-refractivity contribution in [1.82, 2.24) is 9.97 Å². The molecule has 0 spiro atoms. The molecule has 0 aliphatic heterocycles. The van der Waals surface area contributed by atoms with Crippen LogP contribution in [0.5, 0.6) is 0 Å². The molecule has 0 unspecified atom stereocenters. The minimum absolute atomic E-state index is 0.821. The van der Waals surface area contributed by atoms with Crippen molar-refractivity contribution in [2.75, 3.05) is 0 Å². The number of para-hydroxylation sites is 1. The molecule has 2 radical (unpaired) electrons. The van der Waals surface area contributed by atoms with Gasteiger partial charge in [0.25, 0.3) is 0 Å². The summed E-state index contributed by atoms with van der Waals surface area (Å²) in [5.74, 6) is 0.821. The van der Waals surface area contributed by atoms with Gasteiger partial charge in [-0.15, -0.1) is 0 Å². The first-order valence-electron chi connectivity index (χ1n) is 6.67. The average Bonchev–Trinajstić information content (AvgIpc) is 2.84. The Morgan fingerprint density at radius 2 is 1.71 bits per heavy atom. The molecule has 0 amide bonds. The predicted octanol–water partition coefficient (Wildman–Crippen LogP) is 3.15. The number of benzene rings is 2. The summed E-state index contributed by atoms with van der Waals surface area (Å²) < 4.78 is 6.96. The van der Waals surface area contributed by atoms with Crippen LogP contribution in [0.3, 0.4) is 0 Å². The molecule has 0 N–H and O–H groups in total. The van der Waals surface area contributed by atoms with Gasteiger partial charge in [0.1, 0.15) is 0 Å². The quantitative estimate of drug-likeness (QED) is 0.403. The van der Waals surface area contributed by atoms with Crippen molar-refractivity contribution >= 4 is 50.1 Å². The van der Waals surface area contributed by atoms with Gasteiger partial charge >= 0.3 is 137 Å². The molecule has 21 heavy (non-hydrogen) atoms. The molecule has 4 aromatic rings. The Hall–Kier alpha value is -1.80. The number of nitrogens with zero attached hydrogens (tertiary/aromatic N) is 2. The molecule has 4 heteroatoms. The van der Waals surface area contributed by atoms with Crippen LogP contribution in [0.15, 0.2) is 52.9 Å². The second-order valence-electron chi connectivity index (χ2n) is 4.97. The van der Waals surface area contributed by atoms with Crippen molar-refractivity contribution in [3.63, 3.8) is 0 Å². The first kappa shape index (κ1) is 12.9. The Labute approximate surface area is 136 Å². The normalized spacial score (nSPS) is 11.3. The molecular weight excluding hydrogens is 457 g/mol. The van der Waals surface area contributed by atoms with Crippen LogP contribution in [0.25, 0.3) is 33.2 Å². The second kappa shape index (κ2) is 4.89. The van der Waals surface area contributed by atoms with Gasteiger partial charge in [-0.2, -0.15) is 0 Å². The molecule has 0 saturated heterocycles. The van der Waals surface area contributed by atoms with E-state index in [4.69, 9.17) is 4.42 Å². The number of rotatable bonds is 1. The Morgan fingerprint density at radius 3 is 2.57 bits per heavy atom. The van der Waals surface area contributed by atoms with Crippen molar-refractivity contribution in [3.05, 3.63) is 54.4 Å². The van der Waals surface area contributed by atoms with Gasteiger partial charge in [0, 0.05) is 0 Å². The number of aryl methyl sites for hydroxylation is 1. The first-order chi connectivity index (χ1) is 10.2. The topological polar surface area (TPSA) is 38.9 Å². The van der Waals surface area contributed by atoms with Crippen molar-refractivity contribution in [2.45, 2.75) is 6.92 Å². The van der Waals surface area contributed by atoms with Crippen LogP contribution in [-0.4, -0.2) is 34.7 Å². The Balaban J connectivity index is 1.99. The molecule has 2 aromatic carbocycles. The molecule has 0 aliphatic rings. The summed E-state index contributed by atoms with van der Waals surface area (Å²) in [5.41, 5.74) is 3.92. The summed E-state index contributed by atoms with van der Waals surface area (Å²) in [6, 6.07) is 16.4. The van der Waals surface area contributed by atoms with E-state index in [9.17, 15) is 0 Å². The van der Waals surface area contributed by atoms with Gasteiger partial charge < -0.3 is 0 Å². The van der Waals surface area contributed by atoms with Crippen molar-refractivity contribution in [1.29, 1.82) is 0 Å². The number of hydrogen-bond acceptors (Lipinski definition) is 3. The van der Waals surface area contributed by atoms with Gasteiger partial charge in [-0.25, -0.2) is 0 Å². The van der Waals surface area contributed by atoms with E-state index in [1.807, 2.05) is 31.2 Å². The number of aromatic nitrogens is 2. The molecule has 2 aromatic heterocycles. The monoisotopic (exact) mass is 468 g/mol. The van der Waals surface area contributed by atoms with E-state index in [1.165, 1.54) is 0 Å². The Bertz CT molecular complexity index is 955. The second-order valence-corrected chi connectivity index (χ2v) is 6.75. The molecule has 0 aliphatic carbocycles. The summed E-state index contributed by atoms with van der Waals surface area (Å²) in [6.45, 7) is 1.94. The van der Waals surface area contributed by atoms with Gasteiger partial charge in [-0.05, 0) is 0 Å². The van der Waals surface area contributed by atoms with E-state index < -0.39 is 0 Å². The molecule has 0 atom stereocenters. The molecule has 0 saturated carbocycles. The summed E-state index contributed by atoms with van der Waals surface area (Å²) in [5, 5.41) is 2.27. The molecule has 4 rings (SSSR count). The first-order valence-corrected chi connectivity index (χ1v) is 8.41. The van der Waals surface area contributed by atoms with Crippen LogP contribution in [0, 0.1) is 6.92 Å². The molecule has 2 heterocycles. The van der Waals surface area contributed by atoms with Gasteiger partial charge in [0.05, 0.1) is 0 Å². The van der Waals surface area contributed by atoms with E-state index in [-0.39, 0.29) is 0 Å². The summed E-state index contributed by atoms with van der Waals surface area (Å²) in [4.78, 5) is 8.93. The summed E-state index contributed by atoms with van der Waals surface area (Å²) in [6.07, 6.45) is 0. The van der Waals surface area contributed by atoms with Crippen LogP contribution in [0.1, 0.15) is 5.82 Å². The molecular formula is C17H11BiN2O. The van der Waals surface area contributed by atoms with E-state index in [0.717, 1.165) is 67.1 Å². The third-order valence-electron chi connectivity index (χ3n) is 3.50. The standard InChI is InChI=1S/C17H11N2O.Bi/c1-11-18-9-8-15(19-11)12-6-7-17-14(10-12)13-4-2-3-5-16(13)20-17;/h2-8,10H,1H3;. The maximum atomic E-state index is 5.86. The Morgan fingerprint density at radius 1 is 0.905 bits per heavy atom. The number of furan rings is 1. The van der Waals surface area contributed by atoms with E-state index in [0.29, 0.717) is 0 Å². The zero-order valence-electron chi connectivity index (χ0n) is 11.4. The SMILES string of the molecule is Cc1n[c]([Bi])cc(-c2ccc3oc4ccccc4c3c2)n1. The average molecular weight is 468 g/mol. The Kier molecular flexibility index (Phi) is 3.00.